The van der Waals surface area contributed by atoms with Gasteiger partial charge >= 0.3 is 0 Å². The van der Waals surface area contributed by atoms with Crippen molar-refractivity contribution < 1.29 is 9.90 Å². The van der Waals surface area contributed by atoms with Crippen LogP contribution < -0.4 is 0 Å². The first kappa shape index (κ1) is 35.3. The van der Waals surface area contributed by atoms with E-state index in [1.807, 2.05) is 18.2 Å². The average Bonchev–Trinajstić information content (AvgIpc) is 2.96. The molecule has 1 aliphatic rings. The molecule has 0 aromatic heterocycles. The van der Waals surface area contributed by atoms with Crippen molar-refractivity contribution in [3.63, 3.8) is 0 Å². The Kier molecular flexibility index (Phi) is 9.21. The molecule has 3 aromatic rings. The van der Waals surface area contributed by atoms with Crippen molar-refractivity contribution in [3.8, 4) is 41.6 Å². The molecule has 0 fully saturated rings. The molecule has 0 atom stereocenters. The summed E-state index contributed by atoms with van der Waals surface area (Å²) < 4.78 is 0. The Labute approximate surface area is 283 Å². The Morgan fingerprint density at radius 3 is 1.36 bits per heavy atom. The monoisotopic (exact) mass is 622 g/mol. The molecule has 242 valence electrons. The lowest BCUT2D eigenvalue weighted by molar-refractivity contribution is -0.114. The van der Waals surface area contributed by atoms with E-state index >= 15 is 0 Å². The van der Waals surface area contributed by atoms with Gasteiger partial charge in [0.05, 0.1) is 0 Å². The second-order valence-electron chi connectivity index (χ2n) is 16.9. The third-order valence-electron chi connectivity index (χ3n) is 8.78. The van der Waals surface area contributed by atoms with E-state index in [1.165, 1.54) is 0 Å². The Hall–Kier alpha value is -4.53. The van der Waals surface area contributed by atoms with E-state index in [-0.39, 0.29) is 27.4 Å². The van der Waals surface area contributed by atoms with Crippen LogP contribution in [0.5, 0.6) is 5.75 Å². The first-order valence-corrected chi connectivity index (χ1v) is 16.4. The van der Waals surface area contributed by atoms with E-state index in [0.29, 0.717) is 5.75 Å². The fraction of sp³-hybridized carbons (Fsp3) is 0.356. The summed E-state index contributed by atoms with van der Waals surface area (Å²) in [6, 6.07) is 18.5. The maximum Gasteiger partial charge on any atom is 0.186 e. The number of carbonyl (C=O) groups is 1. The smallest absolute Gasteiger partial charge is 0.186 e. The molecule has 0 unspecified atom stereocenters. The zero-order valence-corrected chi connectivity index (χ0v) is 30.4. The highest BCUT2D eigenvalue weighted by atomic mass is 16.3. The number of Topliss-reactive ketones (excluding diaryl/α,β-unsaturated/α-hetero) is 1. The van der Waals surface area contributed by atoms with Crippen molar-refractivity contribution >= 4 is 11.4 Å². The van der Waals surface area contributed by atoms with Crippen molar-refractivity contribution in [1.82, 2.24) is 0 Å². The highest BCUT2D eigenvalue weighted by Gasteiger charge is 2.35. The third kappa shape index (κ3) is 7.39. The SMILES string of the molecule is C#Cc1cc(C#C)cc(-c2ccc(C(=C3C=C(C(C)(C)C)C(=O)C(C(C)(C)C)=C3)c3cc(C(C)(C)C)c(O)c(C(C)(C)C)c3)cc2)c1. The fourth-order valence-corrected chi connectivity index (χ4v) is 6.10. The Balaban J connectivity index is 2.14. The first-order chi connectivity index (χ1) is 21.6. The van der Waals surface area contributed by atoms with Gasteiger partial charge in [-0.3, -0.25) is 4.79 Å². The van der Waals surface area contributed by atoms with Gasteiger partial charge in [0.2, 0.25) is 0 Å². The van der Waals surface area contributed by atoms with Gasteiger partial charge in [0.1, 0.15) is 5.75 Å². The normalized spacial score (nSPS) is 14.3. The standard InChI is InChI=1S/C45H50O2/c1-15-28-21-29(16-2)23-32(22-28)30-17-19-31(20-18-30)39(33-24-35(42(3,4)5)40(46)36(25-33)43(6,7)8)34-26-37(44(9,10)11)41(47)38(27-34)45(12,13)14/h1-2,17-27,46H,3-14H3. The van der Waals surface area contributed by atoms with Gasteiger partial charge in [-0.25, -0.2) is 0 Å². The Morgan fingerprint density at radius 1 is 0.574 bits per heavy atom. The number of ketones is 1. The van der Waals surface area contributed by atoms with E-state index in [4.69, 9.17) is 12.8 Å². The van der Waals surface area contributed by atoms with Gasteiger partial charge in [0, 0.05) is 33.4 Å². The van der Waals surface area contributed by atoms with Gasteiger partial charge in [-0.1, -0.05) is 119 Å². The average molecular weight is 623 g/mol. The maximum atomic E-state index is 14.0. The predicted molar refractivity (Wildman–Crippen MR) is 199 cm³/mol. The molecule has 47 heavy (non-hydrogen) atoms. The van der Waals surface area contributed by atoms with Crippen LogP contribution in [0.1, 0.15) is 116 Å². The molecule has 0 heterocycles. The maximum absolute atomic E-state index is 14.0. The van der Waals surface area contributed by atoms with Gasteiger partial charge in [-0.05, 0) is 97.5 Å². The number of rotatable bonds is 3. The van der Waals surface area contributed by atoms with Crippen LogP contribution >= 0.6 is 0 Å². The zero-order chi connectivity index (χ0) is 35.3. The second-order valence-corrected chi connectivity index (χ2v) is 16.9. The number of phenols is 1. The van der Waals surface area contributed by atoms with E-state index in [0.717, 1.165) is 66.8 Å². The first-order valence-electron chi connectivity index (χ1n) is 16.4. The van der Waals surface area contributed by atoms with E-state index in [1.54, 1.807) is 0 Å². The van der Waals surface area contributed by atoms with Crippen molar-refractivity contribution in [1.29, 1.82) is 0 Å². The topological polar surface area (TPSA) is 37.3 Å². The number of terminal acetylenes is 2. The summed E-state index contributed by atoms with van der Waals surface area (Å²) in [5.41, 5.74) is 9.41. The van der Waals surface area contributed by atoms with Crippen LogP contribution in [0.4, 0.5) is 0 Å². The summed E-state index contributed by atoms with van der Waals surface area (Å²) >= 11 is 0. The van der Waals surface area contributed by atoms with E-state index in [9.17, 15) is 9.90 Å². The lowest BCUT2D eigenvalue weighted by Crippen LogP contribution is -2.28. The molecule has 4 rings (SSSR count). The van der Waals surface area contributed by atoms with Crippen LogP contribution in [0.2, 0.25) is 0 Å². The van der Waals surface area contributed by atoms with Crippen LogP contribution in [0.3, 0.4) is 0 Å². The molecule has 2 nitrogen and oxygen atoms in total. The highest BCUT2D eigenvalue weighted by molar-refractivity contribution is 6.12. The molecule has 0 aliphatic heterocycles. The minimum Gasteiger partial charge on any atom is -0.507 e. The highest BCUT2D eigenvalue weighted by Crippen LogP contribution is 2.45. The number of phenolic OH excluding ortho intramolecular Hbond substituents is 1. The fourth-order valence-electron chi connectivity index (χ4n) is 6.10. The molecule has 3 aromatic carbocycles. The van der Waals surface area contributed by atoms with Gasteiger partial charge in [-0.2, -0.15) is 0 Å². The predicted octanol–water partition coefficient (Wildman–Crippen LogP) is 10.9. The Bertz CT molecular complexity index is 1810. The molecule has 0 saturated heterocycles. The van der Waals surface area contributed by atoms with Crippen molar-refractivity contribution in [2.45, 2.75) is 93.9 Å². The summed E-state index contributed by atoms with van der Waals surface area (Å²) in [4.78, 5) is 14.0. The summed E-state index contributed by atoms with van der Waals surface area (Å²) in [5.74, 6) is 5.86. The molecular weight excluding hydrogens is 572 g/mol. The number of allylic oxidation sites excluding steroid dienone is 5. The summed E-state index contributed by atoms with van der Waals surface area (Å²) in [5, 5.41) is 11.6. The van der Waals surface area contributed by atoms with E-state index in [2.05, 4.69) is 143 Å². The van der Waals surface area contributed by atoms with Crippen LogP contribution in [-0.2, 0) is 15.6 Å². The van der Waals surface area contributed by atoms with Gasteiger partial charge in [-0.15, -0.1) is 12.8 Å². The number of benzene rings is 3. The zero-order valence-electron chi connectivity index (χ0n) is 30.4. The molecule has 0 spiro atoms. The molecule has 0 bridgehead atoms. The van der Waals surface area contributed by atoms with Crippen molar-refractivity contribution in [2.75, 3.05) is 0 Å². The molecule has 2 heteroatoms. The van der Waals surface area contributed by atoms with Crippen LogP contribution in [-0.4, -0.2) is 10.9 Å². The second kappa shape index (κ2) is 12.2. The van der Waals surface area contributed by atoms with Crippen molar-refractivity contribution in [2.24, 2.45) is 10.8 Å². The Morgan fingerprint density at radius 2 is 1.00 bits per heavy atom. The quantitative estimate of drug-likeness (QED) is 0.295. The van der Waals surface area contributed by atoms with Crippen LogP contribution in [0.15, 0.2) is 83.5 Å². The number of hydrogen-bond acceptors (Lipinski definition) is 2. The van der Waals surface area contributed by atoms with E-state index < -0.39 is 0 Å². The minimum atomic E-state index is -0.360. The van der Waals surface area contributed by atoms with Gasteiger partial charge in [0.25, 0.3) is 0 Å². The lowest BCUT2D eigenvalue weighted by Gasteiger charge is -2.32. The molecule has 1 N–H and O–H groups in total. The lowest BCUT2D eigenvalue weighted by atomic mass is 9.70. The minimum absolute atomic E-state index is 0.0950. The third-order valence-corrected chi connectivity index (χ3v) is 8.78. The number of hydrogen-bond donors (Lipinski definition) is 1. The van der Waals surface area contributed by atoms with Gasteiger partial charge < -0.3 is 5.11 Å². The van der Waals surface area contributed by atoms with Crippen LogP contribution in [0, 0.1) is 35.5 Å². The van der Waals surface area contributed by atoms with Crippen molar-refractivity contribution in [3.05, 3.63) is 117 Å². The molecule has 1 aliphatic carbocycles. The number of aromatic hydroxyl groups is 1. The molecular formula is C45H50O2. The summed E-state index contributed by atoms with van der Waals surface area (Å²) in [7, 11) is 0. The van der Waals surface area contributed by atoms with Gasteiger partial charge in [0.15, 0.2) is 5.78 Å². The molecule has 0 amide bonds. The summed E-state index contributed by atoms with van der Waals surface area (Å²) in [6.07, 6.45) is 15.6. The number of carbonyl (C=O) groups excluding carboxylic acids is 1. The molecule has 0 saturated carbocycles. The largest absolute Gasteiger partial charge is 0.507 e. The van der Waals surface area contributed by atoms with Crippen LogP contribution in [0.25, 0.3) is 16.7 Å². The molecule has 0 radical (unpaired) electrons. The summed E-state index contributed by atoms with van der Waals surface area (Å²) in [6.45, 7) is 25.3.